The number of benzene rings is 2. The summed E-state index contributed by atoms with van der Waals surface area (Å²) in [6.07, 6.45) is 0. The Bertz CT molecular complexity index is 696. The van der Waals surface area contributed by atoms with Crippen LogP contribution in [0.25, 0.3) is 10.8 Å². The largest absolute Gasteiger partial charge is 0.490 e. The smallest absolute Gasteiger partial charge is 0.308 e. The first-order valence-corrected chi connectivity index (χ1v) is 7.90. The SMILES string of the molecule is COc1c(OC)c(OC(C)I)c2ccccc2c1OC(C)=O. The second-order valence-corrected chi connectivity index (χ2v) is 6.28. The fraction of sp³-hybridized carbons (Fsp3) is 0.312. The van der Waals surface area contributed by atoms with Crippen molar-refractivity contribution in [3.05, 3.63) is 24.3 Å². The molecule has 118 valence electrons. The molecule has 0 aliphatic rings. The summed E-state index contributed by atoms with van der Waals surface area (Å²) < 4.78 is 22.0. The van der Waals surface area contributed by atoms with Gasteiger partial charge in [0, 0.05) is 17.7 Å². The Morgan fingerprint density at radius 1 is 1.00 bits per heavy atom. The van der Waals surface area contributed by atoms with Crippen molar-refractivity contribution in [3.63, 3.8) is 0 Å². The second-order valence-electron chi connectivity index (χ2n) is 4.52. The number of carbonyl (C=O) groups excluding carboxylic acids is 1. The van der Waals surface area contributed by atoms with Gasteiger partial charge >= 0.3 is 5.97 Å². The number of ether oxygens (including phenoxy) is 4. The first-order chi connectivity index (χ1) is 10.5. The summed E-state index contributed by atoms with van der Waals surface area (Å²) in [7, 11) is 3.02. The van der Waals surface area contributed by atoms with E-state index in [4.69, 9.17) is 18.9 Å². The van der Waals surface area contributed by atoms with E-state index in [0.717, 1.165) is 10.8 Å². The van der Waals surface area contributed by atoms with Gasteiger partial charge in [-0.3, -0.25) is 4.79 Å². The van der Waals surface area contributed by atoms with E-state index >= 15 is 0 Å². The monoisotopic (exact) mass is 416 g/mol. The third-order valence-corrected chi connectivity index (χ3v) is 3.22. The molecular formula is C16H17IO5. The molecule has 0 aliphatic heterocycles. The second kappa shape index (κ2) is 7.04. The van der Waals surface area contributed by atoms with Gasteiger partial charge in [0.25, 0.3) is 0 Å². The highest BCUT2D eigenvalue weighted by Gasteiger charge is 2.25. The van der Waals surface area contributed by atoms with Gasteiger partial charge < -0.3 is 18.9 Å². The van der Waals surface area contributed by atoms with Gasteiger partial charge in [-0.1, -0.05) is 24.3 Å². The maximum atomic E-state index is 11.4. The van der Waals surface area contributed by atoms with Gasteiger partial charge in [-0.25, -0.2) is 0 Å². The van der Waals surface area contributed by atoms with Crippen molar-refractivity contribution >= 4 is 39.3 Å². The highest BCUT2D eigenvalue weighted by molar-refractivity contribution is 14.1. The average Bonchev–Trinajstić information content (AvgIpc) is 2.48. The highest BCUT2D eigenvalue weighted by Crippen LogP contribution is 2.51. The van der Waals surface area contributed by atoms with Crippen molar-refractivity contribution in [2.75, 3.05) is 14.2 Å². The van der Waals surface area contributed by atoms with Crippen LogP contribution < -0.4 is 18.9 Å². The number of rotatable bonds is 5. The molecule has 0 aliphatic carbocycles. The number of alkyl halides is 1. The van der Waals surface area contributed by atoms with Crippen LogP contribution in [0.2, 0.25) is 0 Å². The average molecular weight is 416 g/mol. The fourth-order valence-corrected chi connectivity index (χ4v) is 2.48. The summed E-state index contributed by atoms with van der Waals surface area (Å²) >= 11 is 2.16. The zero-order valence-electron chi connectivity index (χ0n) is 12.8. The van der Waals surface area contributed by atoms with Gasteiger partial charge in [-0.15, -0.1) is 0 Å². The molecule has 0 fully saturated rings. The standard InChI is InChI=1S/C16H17IO5/c1-9(17)21-13-11-7-5-6-8-12(11)14(22-10(2)18)16(20-4)15(13)19-3/h5-9H,1-4H3. The first-order valence-electron chi connectivity index (χ1n) is 6.65. The van der Waals surface area contributed by atoms with Crippen LogP contribution in [-0.4, -0.2) is 24.3 Å². The van der Waals surface area contributed by atoms with E-state index < -0.39 is 5.97 Å². The van der Waals surface area contributed by atoms with Crippen molar-refractivity contribution in [3.8, 4) is 23.0 Å². The highest BCUT2D eigenvalue weighted by atomic mass is 127. The molecule has 0 N–H and O–H groups in total. The zero-order chi connectivity index (χ0) is 16.3. The van der Waals surface area contributed by atoms with Crippen LogP contribution in [-0.2, 0) is 4.79 Å². The maximum absolute atomic E-state index is 11.4. The number of esters is 1. The van der Waals surface area contributed by atoms with Crippen molar-refractivity contribution in [1.82, 2.24) is 0 Å². The Morgan fingerprint density at radius 3 is 1.95 bits per heavy atom. The molecule has 2 rings (SSSR count). The van der Waals surface area contributed by atoms with Gasteiger partial charge in [-0.05, 0) is 29.5 Å². The molecule has 1 unspecified atom stereocenters. The lowest BCUT2D eigenvalue weighted by Gasteiger charge is -2.20. The molecule has 0 aromatic heterocycles. The minimum atomic E-state index is -0.429. The van der Waals surface area contributed by atoms with E-state index in [0.29, 0.717) is 23.0 Å². The molecule has 0 heterocycles. The number of methoxy groups -OCH3 is 2. The van der Waals surface area contributed by atoms with Crippen LogP contribution in [0.4, 0.5) is 0 Å². The Kier molecular flexibility index (Phi) is 5.33. The summed E-state index contributed by atoms with van der Waals surface area (Å²) in [5.41, 5.74) is 0. The topological polar surface area (TPSA) is 54.0 Å². The molecular weight excluding hydrogens is 399 g/mol. The Morgan fingerprint density at radius 2 is 1.50 bits per heavy atom. The van der Waals surface area contributed by atoms with Crippen LogP contribution in [0.3, 0.4) is 0 Å². The fourth-order valence-electron chi connectivity index (χ4n) is 2.23. The summed E-state index contributed by atoms with van der Waals surface area (Å²) in [6.45, 7) is 3.26. The van der Waals surface area contributed by atoms with Crippen LogP contribution in [0, 0.1) is 0 Å². The van der Waals surface area contributed by atoms with Crippen molar-refractivity contribution in [2.45, 2.75) is 18.0 Å². The number of halogens is 1. The summed E-state index contributed by atoms with van der Waals surface area (Å²) in [6, 6.07) is 7.48. The third-order valence-electron chi connectivity index (χ3n) is 2.97. The minimum absolute atomic E-state index is 0.0702. The predicted molar refractivity (Wildman–Crippen MR) is 92.5 cm³/mol. The van der Waals surface area contributed by atoms with Crippen molar-refractivity contribution in [1.29, 1.82) is 0 Å². The maximum Gasteiger partial charge on any atom is 0.308 e. The van der Waals surface area contributed by atoms with E-state index in [1.807, 2.05) is 31.2 Å². The number of carbonyl (C=O) groups is 1. The Labute approximate surface area is 142 Å². The summed E-state index contributed by atoms with van der Waals surface area (Å²) in [5.74, 6) is 1.20. The summed E-state index contributed by atoms with van der Waals surface area (Å²) in [5, 5.41) is 1.52. The molecule has 1 atom stereocenters. The molecule has 0 spiro atoms. The Balaban J connectivity index is 2.86. The van der Waals surface area contributed by atoms with Gasteiger partial charge in [0.2, 0.25) is 11.5 Å². The van der Waals surface area contributed by atoms with Gasteiger partial charge in [0.15, 0.2) is 11.5 Å². The molecule has 0 saturated carbocycles. The van der Waals surface area contributed by atoms with Crippen LogP contribution in [0.1, 0.15) is 13.8 Å². The van der Waals surface area contributed by atoms with Gasteiger partial charge in [0.05, 0.1) is 14.2 Å². The molecule has 2 aromatic carbocycles. The molecule has 0 radical (unpaired) electrons. The first kappa shape index (κ1) is 16.7. The molecule has 22 heavy (non-hydrogen) atoms. The quantitative estimate of drug-likeness (QED) is 0.320. The number of hydrogen-bond acceptors (Lipinski definition) is 5. The van der Waals surface area contributed by atoms with Crippen LogP contribution in [0.15, 0.2) is 24.3 Å². The molecule has 6 heteroatoms. The van der Waals surface area contributed by atoms with Crippen molar-refractivity contribution < 1.29 is 23.7 Å². The van der Waals surface area contributed by atoms with E-state index in [1.165, 1.54) is 21.1 Å². The van der Waals surface area contributed by atoms with Gasteiger partial charge in [0.1, 0.15) is 4.11 Å². The summed E-state index contributed by atoms with van der Waals surface area (Å²) in [4.78, 5) is 11.4. The van der Waals surface area contributed by atoms with E-state index in [-0.39, 0.29) is 4.11 Å². The molecule has 0 saturated heterocycles. The molecule has 0 amide bonds. The molecule has 0 bridgehead atoms. The molecule has 2 aromatic rings. The van der Waals surface area contributed by atoms with Crippen LogP contribution in [0.5, 0.6) is 23.0 Å². The predicted octanol–water partition coefficient (Wildman–Crippen LogP) is 3.94. The number of hydrogen-bond donors (Lipinski definition) is 0. The number of fused-ring (bicyclic) bond motifs is 1. The lowest BCUT2D eigenvalue weighted by Crippen LogP contribution is -2.08. The van der Waals surface area contributed by atoms with E-state index in [9.17, 15) is 4.79 Å². The normalized spacial score (nSPS) is 11.9. The Hall–Kier alpha value is -1.70. The molecule has 5 nitrogen and oxygen atoms in total. The van der Waals surface area contributed by atoms with E-state index in [1.54, 1.807) is 0 Å². The minimum Gasteiger partial charge on any atom is -0.490 e. The third kappa shape index (κ3) is 3.21. The van der Waals surface area contributed by atoms with Crippen molar-refractivity contribution in [2.24, 2.45) is 0 Å². The van der Waals surface area contributed by atoms with E-state index in [2.05, 4.69) is 22.6 Å². The van der Waals surface area contributed by atoms with Crippen LogP contribution >= 0.6 is 22.6 Å². The zero-order valence-corrected chi connectivity index (χ0v) is 15.0. The lowest BCUT2D eigenvalue weighted by molar-refractivity contribution is -0.131. The lowest BCUT2D eigenvalue weighted by atomic mass is 10.1. The van der Waals surface area contributed by atoms with Gasteiger partial charge in [-0.2, -0.15) is 0 Å².